The van der Waals surface area contributed by atoms with Gasteiger partial charge < -0.3 is 28.4 Å². The maximum Gasteiger partial charge on any atom is 0.171 e. The van der Waals surface area contributed by atoms with E-state index in [9.17, 15) is 0 Å². The molecule has 6 heteroatoms. The SMILES string of the molecule is COc1ccc(CO[C@H]2C[C@H]3O[C@@](CCCCCCCCOCc4ccccc4)(C2)O[C@@H]3COCc2ccccc2)cc1. The van der Waals surface area contributed by atoms with Crippen LogP contribution < -0.4 is 4.74 Å². The first-order valence-electron chi connectivity index (χ1n) is 16.0. The van der Waals surface area contributed by atoms with Crippen molar-refractivity contribution in [1.82, 2.24) is 0 Å². The molecule has 3 aromatic rings. The Morgan fingerprint density at radius 1 is 0.674 bits per heavy atom. The summed E-state index contributed by atoms with van der Waals surface area (Å²) in [5, 5.41) is 0. The molecule has 2 fully saturated rings. The van der Waals surface area contributed by atoms with Crippen LogP contribution in [0.25, 0.3) is 0 Å². The summed E-state index contributed by atoms with van der Waals surface area (Å²) in [6, 6.07) is 28.8. The van der Waals surface area contributed by atoms with Gasteiger partial charge in [-0.25, -0.2) is 0 Å². The normalized spacial score (nSPS) is 23.0. The molecule has 2 bridgehead atoms. The molecule has 6 nitrogen and oxygen atoms in total. The van der Waals surface area contributed by atoms with Crippen LogP contribution in [0.2, 0.25) is 0 Å². The predicted molar refractivity (Wildman–Crippen MR) is 168 cm³/mol. The maximum atomic E-state index is 6.67. The van der Waals surface area contributed by atoms with Crippen molar-refractivity contribution in [3.8, 4) is 5.75 Å². The fraction of sp³-hybridized carbons (Fsp3) is 0.514. The van der Waals surface area contributed by atoms with Gasteiger partial charge in [0, 0.05) is 25.9 Å². The molecular weight excluding hydrogens is 540 g/mol. The summed E-state index contributed by atoms with van der Waals surface area (Å²) >= 11 is 0. The molecule has 5 rings (SSSR count). The van der Waals surface area contributed by atoms with Crippen LogP contribution in [0, 0.1) is 0 Å². The molecule has 2 heterocycles. The zero-order valence-corrected chi connectivity index (χ0v) is 25.7. The number of fused-ring (bicyclic) bond motifs is 2. The van der Waals surface area contributed by atoms with E-state index in [2.05, 4.69) is 48.5 Å². The van der Waals surface area contributed by atoms with Gasteiger partial charge in [-0.15, -0.1) is 0 Å². The third-order valence-electron chi connectivity index (χ3n) is 8.43. The molecule has 0 N–H and O–H groups in total. The van der Waals surface area contributed by atoms with E-state index >= 15 is 0 Å². The number of ether oxygens (including phenoxy) is 6. The van der Waals surface area contributed by atoms with E-state index in [1.165, 1.54) is 36.8 Å². The van der Waals surface area contributed by atoms with Crippen molar-refractivity contribution in [3.63, 3.8) is 0 Å². The van der Waals surface area contributed by atoms with Gasteiger partial charge in [-0.05, 0) is 41.7 Å². The Labute approximate surface area is 257 Å². The van der Waals surface area contributed by atoms with Crippen molar-refractivity contribution >= 4 is 0 Å². The molecule has 0 amide bonds. The van der Waals surface area contributed by atoms with E-state index in [0.717, 1.165) is 50.0 Å². The van der Waals surface area contributed by atoms with Crippen LogP contribution >= 0.6 is 0 Å². The first kappa shape index (κ1) is 31.7. The monoisotopic (exact) mass is 588 g/mol. The van der Waals surface area contributed by atoms with Crippen molar-refractivity contribution in [2.45, 2.75) is 102 Å². The van der Waals surface area contributed by atoms with Gasteiger partial charge in [0.25, 0.3) is 0 Å². The number of benzene rings is 3. The van der Waals surface area contributed by atoms with Crippen LogP contribution in [-0.4, -0.2) is 44.4 Å². The third kappa shape index (κ3) is 10.2. The number of rotatable bonds is 19. The first-order chi connectivity index (χ1) is 21.2. The minimum absolute atomic E-state index is 0.0127. The molecule has 232 valence electrons. The summed E-state index contributed by atoms with van der Waals surface area (Å²) in [5.74, 6) is 0.273. The predicted octanol–water partition coefficient (Wildman–Crippen LogP) is 8.02. The average molecular weight is 589 g/mol. The van der Waals surface area contributed by atoms with Crippen LogP contribution in [0.4, 0.5) is 0 Å². The Morgan fingerprint density at radius 2 is 1.30 bits per heavy atom. The number of methoxy groups -OCH3 is 1. The van der Waals surface area contributed by atoms with Crippen molar-refractivity contribution in [1.29, 1.82) is 0 Å². The second-order valence-electron chi connectivity index (χ2n) is 11.9. The van der Waals surface area contributed by atoms with Gasteiger partial charge in [0.1, 0.15) is 11.9 Å². The minimum atomic E-state index is -0.584. The summed E-state index contributed by atoms with van der Waals surface area (Å²) in [6.07, 6.45) is 9.51. The van der Waals surface area contributed by atoms with Gasteiger partial charge in [-0.1, -0.05) is 98.5 Å². The zero-order chi connectivity index (χ0) is 29.6. The van der Waals surface area contributed by atoms with Crippen molar-refractivity contribution in [2.75, 3.05) is 20.3 Å². The van der Waals surface area contributed by atoms with E-state index in [-0.39, 0.29) is 18.3 Å². The zero-order valence-electron chi connectivity index (χ0n) is 25.7. The third-order valence-corrected chi connectivity index (χ3v) is 8.43. The van der Waals surface area contributed by atoms with Crippen molar-refractivity contribution < 1.29 is 28.4 Å². The van der Waals surface area contributed by atoms with Gasteiger partial charge in [-0.2, -0.15) is 0 Å². The van der Waals surface area contributed by atoms with Crippen molar-refractivity contribution in [3.05, 3.63) is 102 Å². The molecule has 0 radical (unpaired) electrons. The summed E-state index contributed by atoms with van der Waals surface area (Å²) in [5.41, 5.74) is 3.55. The highest BCUT2D eigenvalue weighted by Crippen LogP contribution is 2.44. The number of hydrogen-bond donors (Lipinski definition) is 0. The highest BCUT2D eigenvalue weighted by Gasteiger charge is 2.53. The molecule has 0 aromatic heterocycles. The highest BCUT2D eigenvalue weighted by molar-refractivity contribution is 5.26. The molecular formula is C37H48O6. The maximum absolute atomic E-state index is 6.67. The lowest BCUT2D eigenvalue weighted by molar-refractivity contribution is -0.226. The van der Waals surface area contributed by atoms with Gasteiger partial charge in [0.05, 0.1) is 45.7 Å². The summed E-state index contributed by atoms with van der Waals surface area (Å²) < 4.78 is 36.9. The fourth-order valence-corrected chi connectivity index (χ4v) is 6.08. The summed E-state index contributed by atoms with van der Waals surface area (Å²) in [4.78, 5) is 0. The molecule has 2 saturated heterocycles. The Bertz CT molecular complexity index is 1170. The van der Waals surface area contributed by atoms with Crippen LogP contribution in [0.1, 0.15) is 74.5 Å². The minimum Gasteiger partial charge on any atom is -0.497 e. The lowest BCUT2D eigenvalue weighted by Gasteiger charge is -2.36. The topological polar surface area (TPSA) is 55.4 Å². The van der Waals surface area contributed by atoms with E-state index in [1.54, 1.807) is 7.11 Å². The Morgan fingerprint density at radius 3 is 2.00 bits per heavy atom. The van der Waals surface area contributed by atoms with Gasteiger partial charge in [-0.3, -0.25) is 0 Å². The van der Waals surface area contributed by atoms with Gasteiger partial charge in [0.15, 0.2) is 5.79 Å². The second kappa shape index (κ2) is 16.9. The molecule has 2 aliphatic heterocycles. The standard InChI is InChI=1S/C37H48O6/c1-38-33-20-18-32(19-21-33)28-41-34-24-35-36(29-40-27-31-16-10-7-11-17-31)43-37(25-34,42-35)22-12-4-2-3-5-13-23-39-26-30-14-8-6-9-15-30/h6-11,14-21,34-36H,2-5,12-13,22-29H2,1H3/t34-,35+,36+,37+/m0/s1. The second-order valence-corrected chi connectivity index (χ2v) is 11.9. The Kier molecular flexibility index (Phi) is 12.5. The smallest absolute Gasteiger partial charge is 0.171 e. The highest BCUT2D eigenvalue weighted by atomic mass is 16.8. The molecule has 2 aliphatic rings. The van der Waals surface area contributed by atoms with Crippen LogP contribution in [0.15, 0.2) is 84.9 Å². The first-order valence-corrected chi connectivity index (χ1v) is 16.0. The number of hydrogen-bond acceptors (Lipinski definition) is 6. The lowest BCUT2D eigenvalue weighted by Crippen LogP contribution is -2.41. The lowest BCUT2D eigenvalue weighted by atomic mass is 9.94. The average Bonchev–Trinajstić information content (AvgIpc) is 3.30. The van der Waals surface area contributed by atoms with Gasteiger partial charge >= 0.3 is 0 Å². The largest absolute Gasteiger partial charge is 0.497 e. The van der Waals surface area contributed by atoms with Crippen LogP contribution in [0.5, 0.6) is 5.75 Å². The van der Waals surface area contributed by atoms with E-state index in [1.807, 2.05) is 36.4 Å². The summed E-state index contributed by atoms with van der Waals surface area (Å²) in [7, 11) is 1.69. The van der Waals surface area contributed by atoms with Crippen LogP contribution in [-0.2, 0) is 43.5 Å². The Balaban J connectivity index is 1.04. The quantitative estimate of drug-likeness (QED) is 0.132. The van der Waals surface area contributed by atoms with Crippen LogP contribution in [0.3, 0.4) is 0 Å². The molecule has 3 aromatic carbocycles. The molecule has 4 atom stereocenters. The fourth-order valence-electron chi connectivity index (χ4n) is 6.08. The number of unbranched alkanes of at least 4 members (excludes halogenated alkanes) is 5. The molecule has 0 spiro atoms. The van der Waals surface area contributed by atoms with Gasteiger partial charge in [0.2, 0.25) is 0 Å². The summed E-state index contributed by atoms with van der Waals surface area (Å²) in [6.45, 7) is 3.20. The van der Waals surface area contributed by atoms with E-state index in [4.69, 9.17) is 28.4 Å². The molecule has 0 unspecified atom stereocenters. The molecule has 0 aliphatic carbocycles. The van der Waals surface area contributed by atoms with Crippen molar-refractivity contribution in [2.24, 2.45) is 0 Å². The molecule has 43 heavy (non-hydrogen) atoms. The Hall–Kier alpha value is -2.74. The van der Waals surface area contributed by atoms with E-state index in [0.29, 0.717) is 26.4 Å². The van der Waals surface area contributed by atoms with E-state index < -0.39 is 5.79 Å². The molecule has 0 saturated carbocycles.